The molecular weight excluding hydrogens is 298 g/mol. The van der Waals surface area contributed by atoms with Gasteiger partial charge in [-0.05, 0) is 18.9 Å². The van der Waals surface area contributed by atoms with Crippen molar-refractivity contribution < 1.29 is 4.52 Å². The van der Waals surface area contributed by atoms with Crippen LogP contribution in [0.3, 0.4) is 0 Å². The molecule has 0 fully saturated rings. The van der Waals surface area contributed by atoms with Gasteiger partial charge < -0.3 is 9.84 Å². The van der Waals surface area contributed by atoms with Gasteiger partial charge in [-0.15, -0.1) is 0 Å². The van der Waals surface area contributed by atoms with Crippen LogP contribution in [0.1, 0.15) is 18.2 Å². The SMILES string of the molecule is CCc1cnc2c(c1Nc1cc(C)on1)c(=O)n(C)c(=O)n2C. The summed E-state index contributed by atoms with van der Waals surface area (Å²) in [6.07, 6.45) is 2.34. The van der Waals surface area contributed by atoms with E-state index in [0.29, 0.717) is 34.7 Å². The molecule has 0 aliphatic rings. The van der Waals surface area contributed by atoms with Gasteiger partial charge in [0.15, 0.2) is 11.5 Å². The van der Waals surface area contributed by atoms with Crippen molar-refractivity contribution in [2.45, 2.75) is 20.3 Å². The highest BCUT2D eigenvalue weighted by molar-refractivity contribution is 5.91. The summed E-state index contributed by atoms with van der Waals surface area (Å²) < 4.78 is 7.48. The fourth-order valence-corrected chi connectivity index (χ4v) is 2.53. The minimum absolute atomic E-state index is 0.331. The maximum atomic E-state index is 12.6. The lowest BCUT2D eigenvalue weighted by atomic mass is 10.1. The molecule has 0 bridgehead atoms. The summed E-state index contributed by atoms with van der Waals surface area (Å²) >= 11 is 0. The van der Waals surface area contributed by atoms with Gasteiger partial charge in [0.2, 0.25) is 0 Å². The summed E-state index contributed by atoms with van der Waals surface area (Å²) in [5.41, 5.74) is 0.977. The van der Waals surface area contributed by atoms with Crippen LogP contribution in [-0.2, 0) is 20.5 Å². The molecule has 8 heteroatoms. The molecule has 0 aliphatic heterocycles. The van der Waals surface area contributed by atoms with Crippen LogP contribution >= 0.6 is 0 Å². The van der Waals surface area contributed by atoms with Crippen LogP contribution in [-0.4, -0.2) is 19.3 Å². The normalized spacial score (nSPS) is 11.1. The number of aromatic nitrogens is 4. The summed E-state index contributed by atoms with van der Waals surface area (Å²) in [5, 5.41) is 7.39. The fourth-order valence-electron chi connectivity index (χ4n) is 2.53. The van der Waals surface area contributed by atoms with E-state index in [1.807, 2.05) is 6.92 Å². The van der Waals surface area contributed by atoms with E-state index in [0.717, 1.165) is 10.1 Å². The first-order valence-corrected chi connectivity index (χ1v) is 7.22. The van der Waals surface area contributed by atoms with Gasteiger partial charge in [-0.1, -0.05) is 12.1 Å². The molecule has 0 aliphatic carbocycles. The van der Waals surface area contributed by atoms with Gasteiger partial charge in [0.25, 0.3) is 5.56 Å². The molecule has 0 saturated carbocycles. The largest absolute Gasteiger partial charge is 0.360 e. The molecule has 0 radical (unpaired) electrons. The van der Waals surface area contributed by atoms with Crippen LogP contribution in [0.4, 0.5) is 11.5 Å². The van der Waals surface area contributed by atoms with Gasteiger partial charge in [0, 0.05) is 26.4 Å². The summed E-state index contributed by atoms with van der Waals surface area (Å²) in [4.78, 5) is 29.0. The standard InChI is InChI=1S/C15H17N5O3/c1-5-9-7-16-13-11(14(21)20(4)15(22)19(13)3)12(9)17-10-6-8(2)23-18-10/h6-7H,5H2,1-4H3,(H,16,17,18). The Hall–Kier alpha value is -2.90. The van der Waals surface area contributed by atoms with Crippen LogP contribution in [0.2, 0.25) is 0 Å². The van der Waals surface area contributed by atoms with Gasteiger partial charge >= 0.3 is 5.69 Å². The molecule has 3 aromatic heterocycles. The lowest BCUT2D eigenvalue weighted by Crippen LogP contribution is -2.37. The van der Waals surface area contributed by atoms with E-state index < -0.39 is 11.2 Å². The van der Waals surface area contributed by atoms with Crippen molar-refractivity contribution in [2.24, 2.45) is 14.1 Å². The number of hydrogen-bond donors (Lipinski definition) is 1. The van der Waals surface area contributed by atoms with E-state index in [2.05, 4.69) is 15.5 Å². The Bertz CT molecular complexity index is 1010. The van der Waals surface area contributed by atoms with Crippen molar-refractivity contribution in [3.05, 3.63) is 44.4 Å². The molecule has 0 saturated heterocycles. The van der Waals surface area contributed by atoms with Crippen molar-refractivity contribution in [3.8, 4) is 0 Å². The smallest absolute Gasteiger partial charge is 0.332 e. The third-order valence-corrected chi connectivity index (χ3v) is 3.81. The second kappa shape index (κ2) is 5.38. The molecule has 8 nitrogen and oxygen atoms in total. The zero-order valence-electron chi connectivity index (χ0n) is 13.4. The Balaban J connectivity index is 2.38. The summed E-state index contributed by atoms with van der Waals surface area (Å²) in [5.74, 6) is 1.16. The molecule has 0 unspecified atom stereocenters. The zero-order chi connectivity index (χ0) is 16.7. The lowest BCUT2D eigenvalue weighted by molar-refractivity contribution is 0.400. The number of anilines is 2. The minimum Gasteiger partial charge on any atom is -0.360 e. The number of nitrogens with zero attached hydrogens (tertiary/aromatic N) is 4. The van der Waals surface area contributed by atoms with E-state index in [1.165, 1.54) is 11.6 Å². The van der Waals surface area contributed by atoms with Crippen LogP contribution < -0.4 is 16.6 Å². The second-order valence-corrected chi connectivity index (χ2v) is 5.36. The van der Waals surface area contributed by atoms with Crippen LogP contribution in [0, 0.1) is 6.92 Å². The van der Waals surface area contributed by atoms with Gasteiger partial charge in [-0.2, -0.15) is 0 Å². The highest BCUT2D eigenvalue weighted by Crippen LogP contribution is 2.26. The third kappa shape index (κ3) is 2.32. The second-order valence-electron chi connectivity index (χ2n) is 5.36. The van der Waals surface area contributed by atoms with E-state index in [9.17, 15) is 9.59 Å². The predicted molar refractivity (Wildman–Crippen MR) is 86.1 cm³/mol. The Kier molecular flexibility index (Phi) is 3.51. The summed E-state index contributed by atoms with van der Waals surface area (Å²) in [6, 6.07) is 1.73. The van der Waals surface area contributed by atoms with Crippen molar-refractivity contribution in [1.29, 1.82) is 0 Å². The Morgan fingerprint density at radius 3 is 2.61 bits per heavy atom. The molecule has 120 valence electrons. The first-order chi connectivity index (χ1) is 10.9. The van der Waals surface area contributed by atoms with Gasteiger partial charge in [-0.3, -0.25) is 13.9 Å². The zero-order valence-corrected chi connectivity index (χ0v) is 13.4. The summed E-state index contributed by atoms with van der Waals surface area (Å²) in [6.45, 7) is 3.75. The third-order valence-electron chi connectivity index (χ3n) is 3.81. The van der Waals surface area contributed by atoms with Crippen LogP contribution in [0.5, 0.6) is 0 Å². The quantitative estimate of drug-likeness (QED) is 0.781. The summed E-state index contributed by atoms with van der Waals surface area (Å²) in [7, 11) is 3.04. The first kappa shape index (κ1) is 15.0. The van der Waals surface area contributed by atoms with E-state index in [-0.39, 0.29) is 0 Å². The molecule has 23 heavy (non-hydrogen) atoms. The maximum absolute atomic E-state index is 12.6. The topological polar surface area (TPSA) is 95.0 Å². The number of fused-ring (bicyclic) bond motifs is 1. The lowest BCUT2D eigenvalue weighted by Gasteiger charge is -2.14. The number of aryl methyl sites for hydroxylation is 3. The predicted octanol–water partition coefficient (Wildman–Crippen LogP) is 1.23. The fraction of sp³-hybridized carbons (Fsp3) is 0.333. The number of hydrogen-bond acceptors (Lipinski definition) is 6. The maximum Gasteiger partial charge on any atom is 0.332 e. The Morgan fingerprint density at radius 2 is 2.00 bits per heavy atom. The average molecular weight is 315 g/mol. The molecule has 0 amide bonds. The van der Waals surface area contributed by atoms with Crippen LogP contribution in [0.15, 0.2) is 26.4 Å². The molecular formula is C15H17N5O3. The van der Waals surface area contributed by atoms with Crippen molar-refractivity contribution in [3.63, 3.8) is 0 Å². The van der Waals surface area contributed by atoms with Gasteiger partial charge in [-0.25, -0.2) is 9.78 Å². The number of rotatable bonds is 3. The number of pyridine rings is 1. The Labute approximate surface area is 131 Å². The van der Waals surface area contributed by atoms with Crippen molar-refractivity contribution in [1.82, 2.24) is 19.3 Å². The van der Waals surface area contributed by atoms with Crippen LogP contribution in [0.25, 0.3) is 11.0 Å². The monoisotopic (exact) mass is 315 g/mol. The molecule has 3 aromatic rings. The average Bonchev–Trinajstić information content (AvgIpc) is 2.95. The molecule has 0 atom stereocenters. The molecule has 3 heterocycles. The van der Waals surface area contributed by atoms with Crippen molar-refractivity contribution in [2.75, 3.05) is 5.32 Å². The molecule has 3 rings (SSSR count). The van der Waals surface area contributed by atoms with Gasteiger partial charge in [0.1, 0.15) is 11.1 Å². The molecule has 1 N–H and O–H groups in total. The van der Waals surface area contributed by atoms with E-state index >= 15 is 0 Å². The Morgan fingerprint density at radius 1 is 1.26 bits per heavy atom. The molecule has 0 aromatic carbocycles. The number of nitrogens with one attached hydrogen (secondary N) is 1. The highest BCUT2D eigenvalue weighted by atomic mass is 16.5. The minimum atomic E-state index is -0.414. The van der Waals surface area contributed by atoms with Crippen molar-refractivity contribution >= 4 is 22.5 Å². The highest BCUT2D eigenvalue weighted by Gasteiger charge is 2.17. The van der Waals surface area contributed by atoms with Gasteiger partial charge in [0.05, 0.1) is 5.69 Å². The molecule has 0 spiro atoms. The van der Waals surface area contributed by atoms with E-state index in [4.69, 9.17) is 4.52 Å². The van der Waals surface area contributed by atoms with E-state index in [1.54, 1.807) is 26.2 Å². The first-order valence-electron chi connectivity index (χ1n) is 7.22.